The van der Waals surface area contributed by atoms with Crippen LogP contribution in [0, 0.1) is 12.3 Å². The summed E-state index contributed by atoms with van der Waals surface area (Å²) in [6, 6.07) is 7.17. The maximum Gasteiger partial charge on any atom is 0.303 e. The molecule has 0 aliphatic carbocycles. The normalized spacial score (nSPS) is 9.50. The fourth-order valence-corrected chi connectivity index (χ4v) is 1.50. The molecule has 94 valence electrons. The van der Waals surface area contributed by atoms with Gasteiger partial charge in [-0.3, -0.25) is 9.59 Å². The molecule has 0 aliphatic rings. The van der Waals surface area contributed by atoms with Crippen molar-refractivity contribution in [3.05, 3.63) is 29.8 Å². The topological polar surface area (TPSA) is 66.4 Å². The minimum absolute atomic E-state index is 0.0389. The second-order valence-corrected chi connectivity index (χ2v) is 3.80. The van der Waals surface area contributed by atoms with Gasteiger partial charge in [0.25, 0.3) is 0 Å². The Bertz CT molecular complexity index is 474. The van der Waals surface area contributed by atoms with Crippen molar-refractivity contribution in [2.75, 3.05) is 5.32 Å². The van der Waals surface area contributed by atoms with Crippen molar-refractivity contribution in [1.29, 1.82) is 0 Å². The third kappa shape index (κ3) is 4.71. The molecule has 0 radical (unpaired) electrons. The van der Waals surface area contributed by atoms with E-state index in [0.29, 0.717) is 18.5 Å². The van der Waals surface area contributed by atoms with Gasteiger partial charge in [-0.05, 0) is 18.1 Å². The first-order chi connectivity index (χ1) is 8.63. The number of anilines is 1. The van der Waals surface area contributed by atoms with E-state index in [2.05, 4.69) is 11.2 Å². The summed E-state index contributed by atoms with van der Waals surface area (Å²) in [7, 11) is 0. The van der Waals surface area contributed by atoms with E-state index in [1.54, 1.807) is 18.2 Å². The maximum absolute atomic E-state index is 11.5. The third-order valence-electron chi connectivity index (χ3n) is 2.40. The first kappa shape index (κ1) is 13.8. The molecule has 0 saturated carbocycles. The Morgan fingerprint density at radius 1 is 1.28 bits per heavy atom. The number of amides is 1. The summed E-state index contributed by atoms with van der Waals surface area (Å²) in [6.45, 7) is 0. The number of terminal acetylenes is 1. The van der Waals surface area contributed by atoms with Crippen molar-refractivity contribution >= 4 is 17.6 Å². The lowest BCUT2D eigenvalue weighted by Crippen LogP contribution is -2.12. The molecule has 0 bridgehead atoms. The number of carbonyl (C=O) groups is 2. The van der Waals surface area contributed by atoms with Gasteiger partial charge in [0.15, 0.2) is 0 Å². The summed E-state index contributed by atoms with van der Waals surface area (Å²) in [5, 5.41) is 11.4. The maximum atomic E-state index is 11.5. The molecular formula is C14H15NO3. The van der Waals surface area contributed by atoms with E-state index in [0.717, 1.165) is 5.56 Å². The molecule has 0 atom stereocenters. The molecule has 4 heteroatoms. The molecule has 0 saturated heterocycles. The van der Waals surface area contributed by atoms with Crippen LogP contribution < -0.4 is 5.32 Å². The SMILES string of the molecule is C#CCCC(=O)Nc1ccccc1CCC(=O)O. The van der Waals surface area contributed by atoms with Gasteiger partial charge in [0.05, 0.1) is 0 Å². The number of aryl methyl sites for hydroxylation is 1. The monoisotopic (exact) mass is 245 g/mol. The Balaban J connectivity index is 2.67. The minimum Gasteiger partial charge on any atom is -0.481 e. The highest BCUT2D eigenvalue weighted by molar-refractivity contribution is 5.91. The lowest BCUT2D eigenvalue weighted by atomic mass is 10.1. The molecule has 0 aromatic heterocycles. The quantitative estimate of drug-likeness (QED) is 0.754. The zero-order chi connectivity index (χ0) is 13.4. The Morgan fingerprint density at radius 2 is 2.00 bits per heavy atom. The van der Waals surface area contributed by atoms with Crippen LogP contribution in [0.25, 0.3) is 0 Å². The fourth-order valence-electron chi connectivity index (χ4n) is 1.50. The number of aliphatic carboxylic acids is 1. The van der Waals surface area contributed by atoms with Crippen LogP contribution >= 0.6 is 0 Å². The number of rotatable bonds is 6. The standard InChI is InChI=1S/C14H15NO3/c1-2-3-8-13(16)15-12-7-5-4-6-11(12)9-10-14(17)18/h1,4-7H,3,8-10H2,(H,15,16)(H,17,18). The summed E-state index contributed by atoms with van der Waals surface area (Å²) in [6.07, 6.45) is 6.17. The van der Waals surface area contributed by atoms with Crippen LogP contribution in [-0.4, -0.2) is 17.0 Å². The van der Waals surface area contributed by atoms with Gasteiger partial charge in [0.2, 0.25) is 5.91 Å². The molecule has 18 heavy (non-hydrogen) atoms. The minimum atomic E-state index is -0.858. The highest BCUT2D eigenvalue weighted by Gasteiger charge is 2.07. The molecule has 0 heterocycles. The van der Waals surface area contributed by atoms with Crippen LogP contribution in [0.4, 0.5) is 5.69 Å². The Labute approximate surface area is 106 Å². The van der Waals surface area contributed by atoms with Crippen LogP contribution in [0.5, 0.6) is 0 Å². The van der Waals surface area contributed by atoms with Crippen LogP contribution in [0.2, 0.25) is 0 Å². The first-order valence-corrected chi connectivity index (χ1v) is 5.66. The van der Waals surface area contributed by atoms with Crippen molar-refractivity contribution in [3.8, 4) is 12.3 Å². The van der Waals surface area contributed by atoms with Gasteiger partial charge in [-0.25, -0.2) is 0 Å². The summed E-state index contributed by atoms with van der Waals surface area (Å²) in [5.41, 5.74) is 1.47. The van der Waals surface area contributed by atoms with Gasteiger partial charge < -0.3 is 10.4 Å². The fraction of sp³-hybridized carbons (Fsp3) is 0.286. The highest BCUT2D eigenvalue weighted by atomic mass is 16.4. The van der Waals surface area contributed by atoms with E-state index in [-0.39, 0.29) is 18.7 Å². The predicted molar refractivity (Wildman–Crippen MR) is 69.1 cm³/mol. The van der Waals surface area contributed by atoms with E-state index in [1.165, 1.54) is 0 Å². The number of nitrogens with one attached hydrogen (secondary N) is 1. The van der Waals surface area contributed by atoms with Crippen LogP contribution in [0.1, 0.15) is 24.8 Å². The second-order valence-electron chi connectivity index (χ2n) is 3.80. The smallest absolute Gasteiger partial charge is 0.303 e. The average Bonchev–Trinajstić information content (AvgIpc) is 2.35. The van der Waals surface area contributed by atoms with Crippen LogP contribution in [-0.2, 0) is 16.0 Å². The Morgan fingerprint density at radius 3 is 2.67 bits per heavy atom. The number of hydrogen-bond donors (Lipinski definition) is 2. The molecule has 2 N–H and O–H groups in total. The molecule has 4 nitrogen and oxygen atoms in total. The van der Waals surface area contributed by atoms with Gasteiger partial charge in [0.1, 0.15) is 0 Å². The molecule has 0 unspecified atom stereocenters. The molecule has 1 aromatic rings. The first-order valence-electron chi connectivity index (χ1n) is 5.66. The summed E-state index contributed by atoms with van der Waals surface area (Å²) < 4.78 is 0. The third-order valence-corrected chi connectivity index (χ3v) is 2.40. The zero-order valence-corrected chi connectivity index (χ0v) is 9.98. The summed E-state index contributed by atoms with van der Waals surface area (Å²) >= 11 is 0. The van der Waals surface area contributed by atoms with Gasteiger partial charge in [-0.1, -0.05) is 18.2 Å². The number of carbonyl (C=O) groups excluding carboxylic acids is 1. The lowest BCUT2D eigenvalue weighted by Gasteiger charge is -2.09. The van der Waals surface area contributed by atoms with E-state index in [9.17, 15) is 9.59 Å². The molecular weight excluding hydrogens is 230 g/mol. The number of carboxylic acids is 1. The van der Waals surface area contributed by atoms with Gasteiger partial charge in [-0.2, -0.15) is 0 Å². The largest absolute Gasteiger partial charge is 0.481 e. The molecule has 1 rings (SSSR count). The van der Waals surface area contributed by atoms with E-state index in [4.69, 9.17) is 11.5 Å². The van der Waals surface area contributed by atoms with Crippen LogP contribution in [0.15, 0.2) is 24.3 Å². The van der Waals surface area contributed by atoms with E-state index < -0.39 is 5.97 Å². The number of hydrogen-bond acceptors (Lipinski definition) is 2. The van der Waals surface area contributed by atoms with Crippen molar-refractivity contribution < 1.29 is 14.7 Å². The summed E-state index contributed by atoms with van der Waals surface area (Å²) in [4.78, 5) is 22.1. The van der Waals surface area contributed by atoms with Crippen molar-refractivity contribution in [2.24, 2.45) is 0 Å². The van der Waals surface area contributed by atoms with Crippen molar-refractivity contribution in [1.82, 2.24) is 0 Å². The lowest BCUT2D eigenvalue weighted by molar-refractivity contribution is -0.136. The molecule has 0 spiro atoms. The average molecular weight is 245 g/mol. The Kier molecular flexibility index (Phi) is 5.46. The van der Waals surface area contributed by atoms with Crippen LogP contribution in [0.3, 0.4) is 0 Å². The van der Waals surface area contributed by atoms with Gasteiger partial charge in [-0.15, -0.1) is 12.3 Å². The molecule has 1 aromatic carbocycles. The molecule has 0 aliphatic heterocycles. The van der Waals surface area contributed by atoms with Crippen molar-refractivity contribution in [3.63, 3.8) is 0 Å². The molecule has 1 amide bonds. The molecule has 0 fully saturated rings. The van der Waals surface area contributed by atoms with Crippen molar-refractivity contribution in [2.45, 2.75) is 25.7 Å². The number of benzene rings is 1. The Hall–Kier alpha value is -2.28. The summed E-state index contributed by atoms with van der Waals surface area (Å²) in [5.74, 6) is 1.39. The van der Waals surface area contributed by atoms with Gasteiger partial charge >= 0.3 is 5.97 Å². The zero-order valence-electron chi connectivity index (χ0n) is 9.98. The predicted octanol–water partition coefficient (Wildman–Crippen LogP) is 2.06. The van der Waals surface area contributed by atoms with Gasteiger partial charge in [0, 0.05) is 24.9 Å². The highest BCUT2D eigenvalue weighted by Crippen LogP contribution is 2.17. The number of para-hydroxylation sites is 1. The number of carboxylic acid groups (broad SMARTS) is 1. The van der Waals surface area contributed by atoms with E-state index >= 15 is 0 Å². The second kappa shape index (κ2) is 7.13. The van der Waals surface area contributed by atoms with E-state index in [1.807, 2.05) is 6.07 Å².